The summed E-state index contributed by atoms with van der Waals surface area (Å²) in [4.78, 5) is 4.85. The van der Waals surface area contributed by atoms with E-state index in [2.05, 4.69) is 59.3 Å². The van der Waals surface area contributed by atoms with E-state index in [1.165, 1.54) is 18.4 Å². The molecule has 2 heterocycles. The zero-order valence-electron chi connectivity index (χ0n) is 15.2. The van der Waals surface area contributed by atoms with Gasteiger partial charge in [-0.1, -0.05) is 44.2 Å². The Morgan fingerprint density at radius 3 is 2.50 bits per heavy atom. The van der Waals surface area contributed by atoms with Crippen LogP contribution in [-0.2, 0) is 6.54 Å². The van der Waals surface area contributed by atoms with E-state index in [1.807, 2.05) is 0 Å². The highest BCUT2D eigenvalue weighted by atomic mass is 16.3. The molecule has 0 spiro atoms. The molecule has 2 saturated heterocycles. The van der Waals surface area contributed by atoms with Crippen LogP contribution in [0.25, 0.3) is 0 Å². The quantitative estimate of drug-likeness (QED) is 0.837. The average Bonchev–Trinajstić information content (AvgIpc) is 2.90. The first-order valence-corrected chi connectivity index (χ1v) is 9.49. The Labute approximate surface area is 146 Å². The molecule has 134 valence electrons. The van der Waals surface area contributed by atoms with E-state index >= 15 is 0 Å². The second-order valence-corrected chi connectivity index (χ2v) is 8.04. The molecule has 0 unspecified atom stereocenters. The number of hydrogen-bond donors (Lipinski definition) is 2. The van der Waals surface area contributed by atoms with Crippen molar-refractivity contribution >= 4 is 0 Å². The highest BCUT2D eigenvalue weighted by Gasteiger charge is 2.38. The minimum absolute atomic E-state index is 0.535. The van der Waals surface area contributed by atoms with Gasteiger partial charge in [0.2, 0.25) is 0 Å². The summed E-state index contributed by atoms with van der Waals surface area (Å²) in [6.07, 6.45) is 3.29. The third-order valence-electron chi connectivity index (χ3n) is 5.33. The number of nitrogens with one attached hydrogen (secondary N) is 1. The van der Waals surface area contributed by atoms with Crippen LogP contribution in [0.2, 0.25) is 0 Å². The topological polar surface area (TPSA) is 38.7 Å². The number of likely N-dealkylation sites (tertiary alicyclic amines) is 2. The van der Waals surface area contributed by atoms with E-state index in [1.54, 1.807) is 0 Å². The smallest absolute Gasteiger partial charge is 0.0912 e. The van der Waals surface area contributed by atoms with Crippen LogP contribution in [0.15, 0.2) is 30.3 Å². The van der Waals surface area contributed by atoms with Gasteiger partial charge in [0.25, 0.3) is 0 Å². The number of benzene rings is 1. The van der Waals surface area contributed by atoms with Gasteiger partial charge in [0.15, 0.2) is 0 Å². The summed E-state index contributed by atoms with van der Waals surface area (Å²) in [5.41, 5.74) is 0.801. The Balaban J connectivity index is 1.44. The third kappa shape index (κ3) is 5.03. The highest BCUT2D eigenvalue weighted by molar-refractivity contribution is 5.15. The molecule has 0 radical (unpaired) electrons. The maximum atomic E-state index is 11.0. The minimum Gasteiger partial charge on any atom is -0.387 e. The van der Waals surface area contributed by atoms with Gasteiger partial charge < -0.3 is 15.3 Å². The first-order chi connectivity index (χ1) is 11.5. The van der Waals surface area contributed by atoms with Gasteiger partial charge in [0, 0.05) is 38.3 Å². The van der Waals surface area contributed by atoms with Crippen LogP contribution in [0.4, 0.5) is 0 Å². The molecule has 2 aliphatic heterocycles. The maximum absolute atomic E-state index is 11.0. The second kappa shape index (κ2) is 7.96. The van der Waals surface area contributed by atoms with Crippen LogP contribution in [0.5, 0.6) is 0 Å². The van der Waals surface area contributed by atoms with Crippen molar-refractivity contribution in [2.24, 2.45) is 0 Å². The Morgan fingerprint density at radius 2 is 1.83 bits per heavy atom. The van der Waals surface area contributed by atoms with E-state index in [0.717, 1.165) is 45.7 Å². The zero-order chi connectivity index (χ0) is 17.0. The molecule has 2 fully saturated rings. The van der Waals surface area contributed by atoms with Gasteiger partial charge >= 0.3 is 0 Å². The Kier molecular flexibility index (Phi) is 5.93. The summed E-state index contributed by atoms with van der Waals surface area (Å²) in [7, 11) is 0. The van der Waals surface area contributed by atoms with Gasteiger partial charge in [-0.3, -0.25) is 4.90 Å². The van der Waals surface area contributed by atoms with Gasteiger partial charge in [-0.2, -0.15) is 0 Å². The fourth-order valence-corrected chi connectivity index (χ4v) is 4.19. The highest BCUT2D eigenvalue weighted by Crippen LogP contribution is 2.25. The molecular weight excluding hydrogens is 298 g/mol. The van der Waals surface area contributed by atoms with Crippen LogP contribution >= 0.6 is 0 Å². The zero-order valence-corrected chi connectivity index (χ0v) is 15.2. The van der Waals surface area contributed by atoms with Crippen LogP contribution in [0.1, 0.15) is 38.7 Å². The van der Waals surface area contributed by atoms with Crippen molar-refractivity contribution in [1.29, 1.82) is 0 Å². The Morgan fingerprint density at radius 1 is 1.12 bits per heavy atom. The van der Waals surface area contributed by atoms with Crippen molar-refractivity contribution < 1.29 is 5.11 Å². The van der Waals surface area contributed by atoms with E-state index in [4.69, 9.17) is 0 Å². The van der Waals surface area contributed by atoms with E-state index in [-0.39, 0.29) is 0 Å². The van der Waals surface area contributed by atoms with Crippen molar-refractivity contribution in [3.05, 3.63) is 35.9 Å². The summed E-state index contributed by atoms with van der Waals surface area (Å²) < 4.78 is 0. The summed E-state index contributed by atoms with van der Waals surface area (Å²) in [5.74, 6) is 0. The standard InChI is InChI=1S/C20H33N3O/c1-17(2)21-19-8-11-22(12-9-19)15-20(24)10-13-23(16-20)14-18-6-4-3-5-7-18/h3-7,17,19,21,24H,8-16H2,1-2H3/t20-/m1/s1. The van der Waals surface area contributed by atoms with Crippen molar-refractivity contribution in [2.75, 3.05) is 32.7 Å². The predicted molar refractivity (Wildman–Crippen MR) is 99.0 cm³/mol. The molecular formula is C20H33N3O. The van der Waals surface area contributed by atoms with Crippen molar-refractivity contribution in [3.8, 4) is 0 Å². The molecule has 4 nitrogen and oxygen atoms in total. The van der Waals surface area contributed by atoms with E-state index in [9.17, 15) is 5.11 Å². The lowest BCUT2D eigenvalue weighted by Gasteiger charge is -2.37. The van der Waals surface area contributed by atoms with Gasteiger partial charge in [0.1, 0.15) is 0 Å². The molecule has 2 aliphatic rings. The fraction of sp³-hybridized carbons (Fsp3) is 0.700. The molecule has 24 heavy (non-hydrogen) atoms. The van der Waals surface area contributed by atoms with Crippen LogP contribution < -0.4 is 5.32 Å². The monoisotopic (exact) mass is 331 g/mol. The SMILES string of the molecule is CC(C)NC1CCN(C[C@]2(O)CCN(Cc3ccccc3)C2)CC1. The number of piperidine rings is 1. The third-order valence-corrected chi connectivity index (χ3v) is 5.33. The van der Waals surface area contributed by atoms with Crippen LogP contribution in [-0.4, -0.2) is 65.3 Å². The lowest BCUT2D eigenvalue weighted by atomic mass is 9.99. The Bertz CT molecular complexity index is 499. The number of rotatable bonds is 6. The molecule has 0 aromatic heterocycles. The van der Waals surface area contributed by atoms with Gasteiger partial charge in [0.05, 0.1) is 5.60 Å². The summed E-state index contributed by atoms with van der Waals surface area (Å²) in [6, 6.07) is 11.8. The minimum atomic E-state index is -0.535. The van der Waals surface area contributed by atoms with Crippen LogP contribution in [0, 0.1) is 0 Å². The largest absolute Gasteiger partial charge is 0.387 e. The van der Waals surface area contributed by atoms with Crippen LogP contribution in [0.3, 0.4) is 0 Å². The molecule has 0 bridgehead atoms. The number of hydrogen-bond acceptors (Lipinski definition) is 4. The number of β-amino-alcohol motifs (C(OH)–C–C–N with tert-alkyl or cyclic N) is 1. The van der Waals surface area contributed by atoms with Gasteiger partial charge in [-0.25, -0.2) is 0 Å². The molecule has 2 N–H and O–H groups in total. The molecule has 4 heteroatoms. The number of nitrogens with zero attached hydrogens (tertiary/aromatic N) is 2. The normalized spacial score (nSPS) is 27.2. The average molecular weight is 332 g/mol. The maximum Gasteiger partial charge on any atom is 0.0912 e. The second-order valence-electron chi connectivity index (χ2n) is 8.04. The predicted octanol–water partition coefficient (Wildman–Crippen LogP) is 2.09. The molecule has 3 rings (SSSR count). The molecule has 1 aromatic rings. The van der Waals surface area contributed by atoms with E-state index in [0.29, 0.717) is 12.1 Å². The van der Waals surface area contributed by atoms with Crippen molar-refractivity contribution in [1.82, 2.24) is 15.1 Å². The van der Waals surface area contributed by atoms with Gasteiger partial charge in [-0.05, 0) is 37.9 Å². The van der Waals surface area contributed by atoms with Crippen molar-refractivity contribution in [3.63, 3.8) is 0 Å². The molecule has 0 aliphatic carbocycles. The summed E-state index contributed by atoms with van der Waals surface area (Å²) in [6.45, 7) is 10.2. The fourth-order valence-electron chi connectivity index (χ4n) is 4.19. The lowest BCUT2D eigenvalue weighted by molar-refractivity contribution is 0.00368. The molecule has 0 saturated carbocycles. The Hall–Kier alpha value is -0.940. The molecule has 0 amide bonds. The first-order valence-electron chi connectivity index (χ1n) is 9.49. The number of aliphatic hydroxyl groups is 1. The van der Waals surface area contributed by atoms with E-state index < -0.39 is 5.60 Å². The summed E-state index contributed by atoms with van der Waals surface area (Å²) >= 11 is 0. The summed E-state index contributed by atoms with van der Waals surface area (Å²) in [5, 5.41) is 14.6. The molecule has 1 atom stereocenters. The first kappa shape index (κ1) is 17.9. The lowest BCUT2D eigenvalue weighted by Crippen LogP contribution is -2.50. The van der Waals surface area contributed by atoms with Crippen molar-refractivity contribution in [2.45, 2.75) is 57.3 Å². The van der Waals surface area contributed by atoms with Gasteiger partial charge in [-0.15, -0.1) is 0 Å². The molecule has 1 aromatic carbocycles.